The molecule has 0 N–H and O–H groups in total. The Kier molecular flexibility index (Phi) is 4.64. The van der Waals surface area contributed by atoms with Crippen molar-refractivity contribution in [3.05, 3.63) is 56.4 Å². The van der Waals surface area contributed by atoms with Crippen LogP contribution < -0.4 is 4.90 Å². The van der Waals surface area contributed by atoms with Crippen molar-refractivity contribution in [2.75, 3.05) is 31.1 Å². The molecule has 3 rings (SSSR count). The van der Waals surface area contributed by atoms with Crippen LogP contribution in [0.1, 0.15) is 10.4 Å². The summed E-state index contributed by atoms with van der Waals surface area (Å²) in [5.74, 6) is -0.0932. The second-order valence-electron chi connectivity index (χ2n) is 5.31. The molecule has 0 saturated carbocycles. The van der Waals surface area contributed by atoms with Crippen LogP contribution in [0.4, 0.5) is 11.4 Å². The molecular weight excluding hydrogens is 357 g/mol. The molecular formula is C15H13Cl2N3O4. The third-order valence-corrected chi connectivity index (χ3v) is 4.44. The molecule has 0 radical (unpaired) electrons. The average Bonchev–Trinajstić information content (AvgIpc) is 3.08. The third-order valence-electron chi connectivity index (χ3n) is 3.86. The number of rotatable bonds is 3. The smallest absolute Gasteiger partial charge is 0.272 e. The number of hydrogen-bond acceptors (Lipinski definition) is 5. The van der Waals surface area contributed by atoms with Crippen LogP contribution in [0.5, 0.6) is 0 Å². The molecule has 0 unspecified atom stereocenters. The minimum Gasteiger partial charge on any atom is -0.472 e. The van der Waals surface area contributed by atoms with Gasteiger partial charge in [0.2, 0.25) is 0 Å². The first kappa shape index (κ1) is 16.6. The summed E-state index contributed by atoms with van der Waals surface area (Å²) in [6.45, 7) is 2.04. The van der Waals surface area contributed by atoms with Gasteiger partial charge in [0.1, 0.15) is 6.26 Å². The monoisotopic (exact) mass is 369 g/mol. The highest BCUT2D eigenvalue weighted by atomic mass is 35.5. The number of benzene rings is 1. The standard InChI is InChI=1S/C15H13Cl2N3O4/c16-12-7-11(20(22)23)8-13(17)14(12)18-2-4-19(5-3-18)15(21)10-1-6-24-9-10/h1,6-9H,2-5H2. The maximum Gasteiger partial charge on any atom is 0.272 e. The van der Waals surface area contributed by atoms with E-state index in [-0.39, 0.29) is 21.6 Å². The zero-order chi connectivity index (χ0) is 17.3. The first-order chi connectivity index (χ1) is 11.5. The van der Waals surface area contributed by atoms with E-state index in [0.717, 1.165) is 0 Å². The minimum absolute atomic E-state index is 0.0932. The summed E-state index contributed by atoms with van der Waals surface area (Å²) in [4.78, 5) is 26.2. The van der Waals surface area contributed by atoms with Crippen molar-refractivity contribution >= 4 is 40.5 Å². The largest absolute Gasteiger partial charge is 0.472 e. The number of non-ortho nitro benzene ring substituents is 1. The first-order valence-corrected chi connectivity index (χ1v) is 7.93. The number of furan rings is 1. The Bertz CT molecular complexity index is 748. The molecule has 0 aliphatic carbocycles. The molecule has 1 saturated heterocycles. The van der Waals surface area contributed by atoms with Gasteiger partial charge in [0.25, 0.3) is 11.6 Å². The molecule has 1 aromatic heterocycles. The van der Waals surface area contributed by atoms with Crippen molar-refractivity contribution in [2.45, 2.75) is 0 Å². The Morgan fingerprint density at radius 2 is 1.79 bits per heavy atom. The number of carbonyl (C=O) groups is 1. The fourth-order valence-corrected chi connectivity index (χ4v) is 3.38. The number of nitrogens with zero attached hydrogens (tertiary/aromatic N) is 3. The van der Waals surface area contributed by atoms with Crippen molar-refractivity contribution in [1.82, 2.24) is 4.90 Å². The van der Waals surface area contributed by atoms with E-state index in [1.807, 2.05) is 4.90 Å². The maximum absolute atomic E-state index is 12.3. The number of amides is 1. The Hall–Kier alpha value is -2.25. The van der Waals surface area contributed by atoms with Crippen LogP contribution in [0.15, 0.2) is 35.1 Å². The summed E-state index contributed by atoms with van der Waals surface area (Å²) in [6.07, 6.45) is 2.87. The summed E-state index contributed by atoms with van der Waals surface area (Å²) < 4.78 is 4.93. The number of carbonyl (C=O) groups excluding carboxylic acids is 1. The van der Waals surface area contributed by atoms with Gasteiger partial charge in [-0.1, -0.05) is 23.2 Å². The molecule has 0 bridgehead atoms. The van der Waals surface area contributed by atoms with Crippen molar-refractivity contribution < 1.29 is 14.1 Å². The maximum atomic E-state index is 12.3. The van der Waals surface area contributed by atoms with Crippen molar-refractivity contribution in [3.8, 4) is 0 Å². The van der Waals surface area contributed by atoms with Gasteiger partial charge in [0, 0.05) is 38.3 Å². The predicted molar refractivity (Wildman–Crippen MR) is 89.9 cm³/mol. The topological polar surface area (TPSA) is 79.8 Å². The molecule has 0 atom stereocenters. The first-order valence-electron chi connectivity index (χ1n) is 7.17. The second kappa shape index (κ2) is 6.70. The summed E-state index contributed by atoms with van der Waals surface area (Å²) in [5.41, 5.74) is 0.914. The van der Waals surface area contributed by atoms with E-state index in [1.165, 1.54) is 24.7 Å². The number of halogens is 2. The van der Waals surface area contributed by atoms with Gasteiger partial charge in [-0.05, 0) is 6.07 Å². The Labute approximate surface area is 147 Å². The van der Waals surface area contributed by atoms with Crippen LogP contribution in [0.25, 0.3) is 0 Å². The number of nitro groups is 1. The van der Waals surface area contributed by atoms with Gasteiger partial charge < -0.3 is 14.2 Å². The van der Waals surface area contributed by atoms with Crippen LogP contribution in [0.2, 0.25) is 10.0 Å². The minimum atomic E-state index is -0.539. The lowest BCUT2D eigenvalue weighted by molar-refractivity contribution is -0.384. The van der Waals surface area contributed by atoms with Gasteiger partial charge in [0.15, 0.2) is 0 Å². The molecule has 1 amide bonds. The van der Waals surface area contributed by atoms with Crippen molar-refractivity contribution in [3.63, 3.8) is 0 Å². The molecule has 7 nitrogen and oxygen atoms in total. The van der Waals surface area contributed by atoms with Crippen LogP contribution in [-0.2, 0) is 0 Å². The highest BCUT2D eigenvalue weighted by Crippen LogP contribution is 2.37. The van der Waals surface area contributed by atoms with Gasteiger partial charge in [-0.15, -0.1) is 0 Å². The van der Waals surface area contributed by atoms with Gasteiger partial charge in [0.05, 0.1) is 32.5 Å². The highest BCUT2D eigenvalue weighted by molar-refractivity contribution is 6.39. The molecule has 1 aliphatic heterocycles. The zero-order valence-corrected chi connectivity index (χ0v) is 14.0. The normalized spacial score (nSPS) is 14.8. The van der Waals surface area contributed by atoms with E-state index < -0.39 is 4.92 Å². The van der Waals surface area contributed by atoms with E-state index in [9.17, 15) is 14.9 Å². The summed E-state index contributed by atoms with van der Waals surface area (Å²) in [5, 5.41) is 11.3. The van der Waals surface area contributed by atoms with Crippen molar-refractivity contribution in [1.29, 1.82) is 0 Å². The lowest BCUT2D eigenvalue weighted by Crippen LogP contribution is -2.48. The second-order valence-corrected chi connectivity index (χ2v) is 6.12. The Balaban J connectivity index is 1.73. The number of piperazine rings is 1. The summed E-state index contributed by atoms with van der Waals surface area (Å²) >= 11 is 12.3. The van der Waals surface area contributed by atoms with Crippen LogP contribution in [0, 0.1) is 10.1 Å². The Morgan fingerprint density at radius 1 is 1.17 bits per heavy atom. The molecule has 9 heteroatoms. The van der Waals surface area contributed by atoms with Gasteiger partial charge in [-0.25, -0.2) is 0 Å². The fraction of sp³-hybridized carbons (Fsp3) is 0.267. The third kappa shape index (κ3) is 3.18. The highest BCUT2D eigenvalue weighted by Gasteiger charge is 2.26. The molecule has 2 aromatic rings. The van der Waals surface area contributed by atoms with E-state index in [2.05, 4.69) is 0 Å². The van der Waals surface area contributed by atoms with Gasteiger partial charge >= 0.3 is 0 Å². The number of hydrogen-bond donors (Lipinski definition) is 0. The fourth-order valence-electron chi connectivity index (χ4n) is 2.66. The number of nitro benzene ring substituents is 1. The molecule has 1 aliphatic rings. The molecule has 24 heavy (non-hydrogen) atoms. The van der Waals surface area contributed by atoms with E-state index >= 15 is 0 Å². The lowest BCUT2D eigenvalue weighted by atomic mass is 10.2. The summed E-state index contributed by atoms with van der Waals surface area (Å²) in [7, 11) is 0. The van der Waals surface area contributed by atoms with Gasteiger partial charge in [-0.2, -0.15) is 0 Å². The van der Waals surface area contributed by atoms with Crippen molar-refractivity contribution in [2.24, 2.45) is 0 Å². The number of anilines is 1. The quantitative estimate of drug-likeness (QED) is 0.611. The molecule has 1 aromatic carbocycles. The Morgan fingerprint density at radius 3 is 2.29 bits per heavy atom. The average molecular weight is 370 g/mol. The lowest BCUT2D eigenvalue weighted by Gasteiger charge is -2.36. The SMILES string of the molecule is O=C(c1ccoc1)N1CCN(c2c(Cl)cc([N+](=O)[O-])cc2Cl)CC1. The van der Waals surface area contributed by atoms with E-state index in [4.69, 9.17) is 27.6 Å². The molecule has 1 fully saturated rings. The van der Waals surface area contributed by atoms with Crippen LogP contribution >= 0.6 is 23.2 Å². The van der Waals surface area contributed by atoms with E-state index in [1.54, 1.807) is 11.0 Å². The zero-order valence-electron chi connectivity index (χ0n) is 12.4. The molecule has 2 heterocycles. The summed E-state index contributed by atoms with van der Waals surface area (Å²) in [6, 6.07) is 4.19. The van der Waals surface area contributed by atoms with Crippen LogP contribution in [0.3, 0.4) is 0 Å². The van der Waals surface area contributed by atoms with E-state index in [0.29, 0.717) is 37.4 Å². The predicted octanol–water partition coefficient (Wildman–Crippen LogP) is 3.46. The molecule has 0 spiro atoms. The van der Waals surface area contributed by atoms with Crippen LogP contribution in [-0.4, -0.2) is 41.9 Å². The molecule has 126 valence electrons. The van der Waals surface area contributed by atoms with Gasteiger partial charge in [-0.3, -0.25) is 14.9 Å².